The number of carbonyl (C=O) groups excluding carboxylic acids is 1. The van der Waals surface area contributed by atoms with E-state index in [1.54, 1.807) is 18.6 Å². The summed E-state index contributed by atoms with van der Waals surface area (Å²) in [6.45, 7) is 1.58. The van der Waals surface area contributed by atoms with E-state index in [4.69, 9.17) is 0 Å². The van der Waals surface area contributed by atoms with Crippen molar-refractivity contribution in [2.45, 2.75) is 19.5 Å². The first kappa shape index (κ1) is 18.3. The van der Waals surface area contributed by atoms with E-state index in [0.29, 0.717) is 25.3 Å². The molecule has 0 radical (unpaired) electrons. The molecule has 0 saturated carbocycles. The van der Waals surface area contributed by atoms with Gasteiger partial charge in [-0.3, -0.25) is 9.98 Å². The molecular weight excluding hydrogens is 378 g/mol. The van der Waals surface area contributed by atoms with Crippen molar-refractivity contribution in [3.63, 3.8) is 0 Å². The predicted molar refractivity (Wildman–Crippen MR) is 112 cm³/mol. The van der Waals surface area contributed by atoms with Crippen LogP contribution in [0, 0.1) is 0 Å². The molecule has 0 bridgehead atoms. The lowest BCUT2D eigenvalue weighted by Gasteiger charge is -2.48. The molecule has 2 aliphatic rings. The summed E-state index contributed by atoms with van der Waals surface area (Å²) in [6.07, 6.45) is 4.60. The fraction of sp³-hybridized carbons (Fsp3) is 0.174. The number of aliphatic imine (C=N–C) groups is 1. The molecule has 7 heteroatoms. The highest BCUT2D eigenvalue weighted by Crippen LogP contribution is 2.35. The standard InChI is InChI=1S/C23H21N5O2/c29-23(30)27(22-7-3-6-18-14-25-15-21(18)22)28(26-20-8-11-24-12-9-20)13-10-17-4-1-2-5-19(17)16-28/h1-9,11-12,15H,10,13-14,16H2,(H-,24,26,29,30). The van der Waals surface area contributed by atoms with Gasteiger partial charge in [0.15, 0.2) is 12.6 Å². The zero-order valence-corrected chi connectivity index (χ0v) is 16.4. The van der Waals surface area contributed by atoms with Gasteiger partial charge < -0.3 is 9.90 Å². The first-order valence-corrected chi connectivity index (χ1v) is 9.92. The molecule has 1 aromatic heterocycles. The number of nitrogens with one attached hydrogen (secondary N) is 1. The van der Waals surface area contributed by atoms with Crippen molar-refractivity contribution in [3.8, 4) is 0 Å². The van der Waals surface area contributed by atoms with E-state index in [2.05, 4.69) is 27.5 Å². The molecule has 150 valence electrons. The average Bonchev–Trinajstić information content (AvgIpc) is 3.24. The molecule has 0 spiro atoms. The van der Waals surface area contributed by atoms with Crippen LogP contribution in [0.2, 0.25) is 0 Å². The number of carbonyl (C=O) groups is 1. The van der Waals surface area contributed by atoms with Crippen LogP contribution in [-0.2, 0) is 19.5 Å². The second-order valence-electron chi connectivity index (χ2n) is 7.57. The van der Waals surface area contributed by atoms with E-state index in [-0.39, 0.29) is 4.70 Å². The van der Waals surface area contributed by atoms with Crippen molar-refractivity contribution in [2.75, 3.05) is 17.0 Å². The van der Waals surface area contributed by atoms with Crippen molar-refractivity contribution in [1.82, 2.24) is 4.98 Å². The van der Waals surface area contributed by atoms with E-state index in [1.807, 2.05) is 42.5 Å². The SMILES string of the molecule is O=C([O-])N(c1cccc2c1C=NC2)[N+]1(Nc2ccncc2)CCc2ccccc2C1. The normalized spacial score (nSPS) is 19.1. The molecule has 30 heavy (non-hydrogen) atoms. The van der Waals surface area contributed by atoms with Crippen LogP contribution in [0.5, 0.6) is 0 Å². The number of pyridine rings is 1. The lowest BCUT2D eigenvalue weighted by Crippen LogP contribution is -2.69. The minimum atomic E-state index is -1.26. The summed E-state index contributed by atoms with van der Waals surface area (Å²) >= 11 is 0. The number of anilines is 2. The fourth-order valence-electron chi connectivity index (χ4n) is 4.37. The minimum Gasteiger partial charge on any atom is -0.526 e. The monoisotopic (exact) mass is 399 g/mol. The number of aromatic nitrogens is 1. The maximum absolute atomic E-state index is 12.6. The third kappa shape index (κ3) is 3.09. The summed E-state index contributed by atoms with van der Waals surface area (Å²) in [5, 5.41) is 13.9. The van der Waals surface area contributed by atoms with Gasteiger partial charge in [0.2, 0.25) is 0 Å². The van der Waals surface area contributed by atoms with Gasteiger partial charge in [0.05, 0.1) is 12.2 Å². The molecule has 0 fully saturated rings. The van der Waals surface area contributed by atoms with Gasteiger partial charge in [-0.25, -0.2) is 5.43 Å². The molecule has 1 N–H and O–H groups in total. The molecule has 5 rings (SSSR count). The lowest BCUT2D eigenvalue weighted by atomic mass is 10.00. The Morgan fingerprint density at radius 2 is 1.77 bits per heavy atom. The molecule has 1 unspecified atom stereocenters. The Labute approximate surface area is 174 Å². The highest BCUT2D eigenvalue weighted by atomic mass is 16.4. The van der Waals surface area contributed by atoms with Gasteiger partial charge in [0, 0.05) is 36.2 Å². The van der Waals surface area contributed by atoms with Gasteiger partial charge in [0.25, 0.3) is 0 Å². The van der Waals surface area contributed by atoms with Gasteiger partial charge in [-0.15, -0.1) is 4.70 Å². The Bertz CT molecular complexity index is 1130. The number of nitrogens with zero attached hydrogens (tertiary/aromatic N) is 4. The van der Waals surface area contributed by atoms with Gasteiger partial charge in [0.1, 0.15) is 12.2 Å². The number of benzene rings is 2. The quantitative estimate of drug-likeness (QED) is 0.684. The molecule has 0 saturated heterocycles. The third-order valence-electron chi connectivity index (χ3n) is 5.76. The van der Waals surface area contributed by atoms with Crippen LogP contribution in [-0.4, -0.2) is 28.5 Å². The van der Waals surface area contributed by atoms with Crippen LogP contribution in [0.15, 0.2) is 72.0 Å². The number of quaternary nitrogens is 1. The zero-order valence-electron chi connectivity index (χ0n) is 16.4. The van der Waals surface area contributed by atoms with Crippen LogP contribution in [0.25, 0.3) is 0 Å². The zero-order chi connectivity index (χ0) is 20.6. The van der Waals surface area contributed by atoms with E-state index >= 15 is 0 Å². The summed E-state index contributed by atoms with van der Waals surface area (Å²) in [5.41, 5.74) is 9.02. The molecule has 7 nitrogen and oxygen atoms in total. The molecule has 3 aromatic rings. The molecule has 2 aliphatic heterocycles. The first-order valence-electron chi connectivity index (χ1n) is 9.92. The molecule has 2 aromatic carbocycles. The topological polar surface area (TPSA) is 80.6 Å². The van der Waals surface area contributed by atoms with Crippen LogP contribution >= 0.6 is 0 Å². The highest BCUT2D eigenvalue weighted by molar-refractivity contribution is 5.96. The van der Waals surface area contributed by atoms with E-state index in [1.165, 1.54) is 10.6 Å². The predicted octanol–water partition coefficient (Wildman–Crippen LogP) is 2.68. The maximum Gasteiger partial charge on any atom is 0.197 e. The Kier molecular flexibility index (Phi) is 4.44. The van der Waals surface area contributed by atoms with Crippen molar-refractivity contribution in [3.05, 3.63) is 89.2 Å². The third-order valence-corrected chi connectivity index (χ3v) is 5.76. The summed E-state index contributed by atoms with van der Waals surface area (Å²) < 4.78 is -0.0202. The Hall–Kier alpha value is -3.71. The molecule has 0 aliphatic carbocycles. The van der Waals surface area contributed by atoms with Gasteiger partial charge in [-0.2, -0.15) is 5.01 Å². The van der Waals surface area contributed by atoms with E-state index in [0.717, 1.165) is 28.8 Å². The fourth-order valence-corrected chi connectivity index (χ4v) is 4.37. The second kappa shape index (κ2) is 7.27. The average molecular weight is 399 g/mol. The lowest BCUT2D eigenvalue weighted by molar-refractivity contribution is -0.926. The van der Waals surface area contributed by atoms with Crippen molar-refractivity contribution >= 4 is 23.7 Å². The van der Waals surface area contributed by atoms with E-state index in [9.17, 15) is 9.90 Å². The number of amides is 1. The maximum atomic E-state index is 12.6. The largest absolute Gasteiger partial charge is 0.526 e. The number of hydrogen-bond donors (Lipinski definition) is 1. The Morgan fingerprint density at radius 3 is 2.57 bits per heavy atom. The van der Waals surface area contributed by atoms with Crippen LogP contribution in [0.3, 0.4) is 0 Å². The van der Waals surface area contributed by atoms with Gasteiger partial charge in [-0.05, 0) is 29.3 Å². The smallest absolute Gasteiger partial charge is 0.197 e. The minimum absolute atomic E-state index is 0.0202. The molecule has 3 heterocycles. The van der Waals surface area contributed by atoms with Crippen LogP contribution in [0.1, 0.15) is 22.3 Å². The molecule has 1 amide bonds. The molecule has 1 atom stereocenters. The summed E-state index contributed by atoms with van der Waals surface area (Å²) in [6, 6.07) is 17.5. The van der Waals surface area contributed by atoms with Gasteiger partial charge in [-0.1, -0.05) is 36.4 Å². The van der Waals surface area contributed by atoms with Crippen LogP contribution < -0.4 is 15.5 Å². The summed E-state index contributed by atoms with van der Waals surface area (Å²) in [5.74, 6) is 0. The Morgan fingerprint density at radius 1 is 1.00 bits per heavy atom. The van der Waals surface area contributed by atoms with Crippen molar-refractivity contribution in [1.29, 1.82) is 0 Å². The van der Waals surface area contributed by atoms with E-state index < -0.39 is 6.09 Å². The Balaban J connectivity index is 1.66. The van der Waals surface area contributed by atoms with Crippen molar-refractivity contribution in [2.24, 2.45) is 4.99 Å². The molecular formula is C23H21N5O2. The summed E-state index contributed by atoms with van der Waals surface area (Å²) in [7, 11) is 0. The van der Waals surface area contributed by atoms with Gasteiger partial charge >= 0.3 is 0 Å². The number of fused-ring (bicyclic) bond motifs is 2. The summed E-state index contributed by atoms with van der Waals surface area (Å²) in [4.78, 5) is 21.0. The first-order chi connectivity index (χ1) is 14.7. The highest BCUT2D eigenvalue weighted by Gasteiger charge is 2.42. The number of rotatable bonds is 4. The number of carboxylic acid groups (broad SMARTS) is 1. The van der Waals surface area contributed by atoms with Crippen molar-refractivity contribution < 1.29 is 14.6 Å². The number of hydrogen-bond acceptors (Lipinski definition) is 5. The van der Waals surface area contributed by atoms with Crippen LogP contribution in [0.4, 0.5) is 16.2 Å². The second-order valence-corrected chi connectivity index (χ2v) is 7.57.